The van der Waals surface area contributed by atoms with Gasteiger partial charge in [-0.25, -0.2) is 0 Å². The van der Waals surface area contributed by atoms with E-state index in [0.717, 1.165) is 42.5 Å². The van der Waals surface area contributed by atoms with Gasteiger partial charge in [0.25, 0.3) is 0 Å². The standard InChI is InChI=1S/C24H29N5O.HI/c1-18-13-22(17-29(18)16-19-9-5-3-6-10-19)27-24(25-2)26-15-21-14-23(30-28-21)20-11-7-4-8-12-20;/h3-12,14,18,22H,13,15-17H2,1-2H3,(H2,25,26,27);1H. The third-order valence-corrected chi connectivity index (χ3v) is 5.55. The van der Waals surface area contributed by atoms with E-state index in [1.165, 1.54) is 5.56 Å². The van der Waals surface area contributed by atoms with Crippen LogP contribution in [-0.2, 0) is 13.1 Å². The van der Waals surface area contributed by atoms with Crippen LogP contribution in [0.2, 0.25) is 0 Å². The Morgan fingerprint density at radius 2 is 1.84 bits per heavy atom. The average Bonchev–Trinajstić information content (AvgIpc) is 3.39. The molecule has 3 aromatic rings. The molecular weight excluding hydrogens is 501 g/mol. The van der Waals surface area contributed by atoms with Crippen molar-refractivity contribution < 1.29 is 4.52 Å². The predicted molar refractivity (Wildman–Crippen MR) is 135 cm³/mol. The van der Waals surface area contributed by atoms with Gasteiger partial charge in [0, 0.05) is 43.9 Å². The number of halogens is 1. The molecule has 164 valence electrons. The lowest BCUT2D eigenvalue weighted by molar-refractivity contribution is 0.258. The Kier molecular flexibility index (Phi) is 8.48. The molecule has 2 aromatic carbocycles. The Hall–Kier alpha value is -2.39. The fourth-order valence-corrected chi connectivity index (χ4v) is 3.94. The number of rotatable bonds is 6. The van der Waals surface area contributed by atoms with Gasteiger partial charge < -0.3 is 15.2 Å². The Bertz CT molecular complexity index is 960. The minimum Gasteiger partial charge on any atom is -0.356 e. The summed E-state index contributed by atoms with van der Waals surface area (Å²) >= 11 is 0. The van der Waals surface area contributed by atoms with Crippen LogP contribution in [0.25, 0.3) is 11.3 Å². The summed E-state index contributed by atoms with van der Waals surface area (Å²) in [5.41, 5.74) is 3.23. The molecule has 6 nitrogen and oxygen atoms in total. The summed E-state index contributed by atoms with van der Waals surface area (Å²) in [5, 5.41) is 11.1. The summed E-state index contributed by atoms with van der Waals surface area (Å²) in [7, 11) is 1.80. The van der Waals surface area contributed by atoms with Crippen molar-refractivity contribution in [2.75, 3.05) is 13.6 Å². The highest BCUT2D eigenvalue weighted by atomic mass is 127. The van der Waals surface area contributed by atoms with Crippen LogP contribution < -0.4 is 10.6 Å². The zero-order valence-electron chi connectivity index (χ0n) is 18.0. The molecule has 2 atom stereocenters. The number of aromatic nitrogens is 1. The number of aliphatic imine (C=N–C) groups is 1. The van der Waals surface area contributed by atoms with Gasteiger partial charge in [-0.2, -0.15) is 0 Å². The lowest BCUT2D eigenvalue weighted by atomic mass is 10.2. The second-order valence-electron chi connectivity index (χ2n) is 7.82. The highest BCUT2D eigenvalue weighted by Gasteiger charge is 2.29. The number of likely N-dealkylation sites (tertiary alicyclic amines) is 1. The van der Waals surface area contributed by atoms with Crippen LogP contribution in [0.15, 0.2) is 76.2 Å². The van der Waals surface area contributed by atoms with Crippen molar-refractivity contribution >= 4 is 29.9 Å². The molecule has 0 bridgehead atoms. The van der Waals surface area contributed by atoms with E-state index in [2.05, 4.69) is 62.9 Å². The number of guanidine groups is 1. The van der Waals surface area contributed by atoms with Crippen molar-refractivity contribution in [2.24, 2.45) is 4.99 Å². The zero-order valence-corrected chi connectivity index (χ0v) is 20.3. The zero-order chi connectivity index (χ0) is 20.8. The van der Waals surface area contributed by atoms with E-state index in [9.17, 15) is 0 Å². The molecule has 1 aromatic heterocycles. The minimum atomic E-state index is 0. The molecule has 31 heavy (non-hydrogen) atoms. The number of hydrogen-bond donors (Lipinski definition) is 2. The first kappa shape index (κ1) is 23.3. The van der Waals surface area contributed by atoms with E-state index in [-0.39, 0.29) is 24.0 Å². The van der Waals surface area contributed by atoms with Crippen LogP contribution in [0.5, 0.6) is 0 Å². The molecule has 2 heterocycles. The summed E-state index contributed by atoms with van der Waals surface area (Å²) in [6.07, 6.45) is 1.09. The number of hydrogen-bond acceptors (Lipinski definition) is 4. The molecule has 2 N–H and O–H groups in total. The SMILES string of the molecule is CN=C(NCc1cc(-c2ccccc2)on1)NC1CC(C)N(Cc2ccccc2)C1.I. The summed E-state index contributed by atoms with van der Waals surface area (Å²) in [5.74, 6) is 1.56. The van der Waals surface area contributed by atoms with Crippen LogP contribution >= 0.6 is 24.0 Å². The second-order valence-corrected chi connectivity index (χ2v) is 7.82. The molecule has 4 rings (SSSR count). The largest absolute Gasteiger partial charge is 0.356 e. The van der Waals surface area contributed by atoms with Gasteiger partial charge in [-0.3, -0.25) is 9.89 Å². The molecule has 1 aliphatic heterocycles. The predicted octanol–water partition coefficient (Wildman–Crippen LogP) is 4.29. The first-order valence-corrected chi connectivity index (χ1v) is 10.5. The third kappa shape index (κ3) is 6.30. The lowest BCUT2D eigenvalue weighted by Crippen LogP contribution is -2.44. The lowest BCUT2D eigenvalue weighted by Gasteiger charge is -2.21. The van der Waals surface area contributed by atoms with Gasteiger partial charge in [0.1, 0.15) is 5.69 Å². The maximum Gasteiger partial charge on any atom is 0.191 e. The van der Waals surface area contributed by atoms with Crippen LogP contribution in [0, 0.1) is 0 Å². The maximum atomic E-state index is 5.48. The molecule has 0 radical (unpaired) electrons. The molecule has 7 heteroatoms. The van der Waals surface area contributed by atoms with Crippen molar-refractivity contribution in [3.8, 4) is 11.3 Å². The quantitative estimate of drug-likeness (QED) is 0.283. The van der Waals surface area contributed by atoms with E-state index in [4.69, 9.17) is 4.52 Å². The summed E-state index contributed by atoms with van der Waals surface area (Å²) in [6, 6.07) is 23.5. The minimum absolute atomic E-state index is 0. The van der Waals surface area contributed by atoms with Gasteiger partial charge in [-0.15, -0.1) is 24.0 Å². The second kappa shape index (κ2) is 11.3. The molecule has 0 aliphatic carbocycles. The Morgan fingerprint density at radius 1 is 1.13 bits per heavy atom. The molecular formula is C24H30IN5O. The van der Waals surface area contributed by atoms with Crippen molar-refractivity contribution in [2.45, 2.75) is 38.5 Å². The topological polar surface area (TPSA) is 65.7 Å². The fraction of sp³-hybridized carbons (Fsp3) is 0.333. The molecule has 1 fully saturated rings. The fourth-order valence-electron chi connectivity index (χ4n) is 3.94. The Balaban J connectivity index is 0.00000272. The van der Waals surface area contributed by atoms with Gasteiger partial charge in [0.05, 0.1) is 6.54 Å². The highest BCUT2D eigenvalue weighted by Crippen LogP contribution is 2.21. The summed E-state index contributed by atoms with van der Waals surface area (Å²) in [6.45, 7) is 4.83. The van der Waals surface area contributed by atoms with Gasteiger partial charge in [0.2, 0.25) is 0 Å². The normalized spacial score (nSPS) is 19.1. The molecule has 0 spiro atoms. The molecule has 2 unspecified atom stereocenters. The monoisotopic (exact) mass is 531 g/mol. The van der Waals surface area contributed by atoms with Crippen molar-refractivity contribution in [3.63, 3.8) is 0 Å². The van der Waals surface area contributed by atoms with Crippen molar-refractivity contribution in [1.29, 1.82) is 0 Å². The van der Waals surface area contributed by atoms with Crippen LogP contribution in [0.1, 0.15) is 24.6 Å². The van der Waals surface area contributed by atoms with Gasteiger partial charge in [0.15, 0.2) is 11.7 Å². The highest BCUT2D eigenvalue weighted by molar-refractivity contribution is 14.0. The van der Waals surface area contributed by atoms with Gasteiger partial charge in [-0.1, -0.05) is 65.8 Å². The van der Waals surface area contributed by atoms with E-state index < -0.39 is 0 Å². The summed E-state index contributed by atoms with van der Waals surface area (Å²) < 4.78 is 5.48. The Labute approximate surface area is 201 Å². The van der Waals surface area contributed by atoms with Gasteiger partial charge >= 0.3 is 0 Å². The van der Waals surface area contributed by atoms with E-state index in [1.807, 2.05) is 36.4 Å². The smallest absolute Gasteiger partial charge is 0.191 e. The summed E-state index contributed by atoms with van der Waals surface area (Å²) in [4.78, 5) is 6.90. The van der Waals surface area contributed by atoms with E-state index in [1.54, 1.807) is 7.05 Å². The molecule has 1 aliphatic rings. The molecule has 0 amide bonds. The van der Waals surface area contributed by atoms with Crippen LogP contribution in [0.3, 0.4) is 0 Å². The number of benzene rings is 2. The molecule has 0 saturated carbocycles. The van der Waals surface area contributed by atoms with E-state index in [0.29, 0.717) is 18.6 Å². The van der Waals surface area contributed by atoms with Crippen LogP contribution in [-0.4, -0.2) is 41.7 Å². The van der Waals surface area contributed by atoms with E-state index >= 15 is 0 Å². The number of nitrogens with one attached hydrogen (secondary N) is 2. The molecule has 1 saturated heterocycles. The van der Waals surface area contributed by atoms with Gasteiger partial charge in [-0.05, 0) is 18.9 Å². The average molecular weight is 531 g/mol. The Morgan fingerprint density at radius 3 is 2.55 bits per heavy atom. The maximum absolute atomic E-state index is 5.48. The first-order valence-electron chi connectivity index (χ1n) is 10.5. The first-order chi connectivity index (χ1) is 14.7. The number of nitrogens with zero attached hydrogens (tertiary/aromatic N) is 3. The van der Waals surface area contributed by atoms with Crippen molar-refractivity contribution in [3.05, 3.63) is 78.0 Å². The van der Waals surface area contributed by atoms with Crippen molar-refractivity contribution in [1.82, 2.24) is 20.7 Å². The van der Waals surface area contributed by atoms with Crippen LogP contribution in [0.4, 0.5) is 0 Å². The third-order valence-electron chi connectivity index (χ3n) is 5.55.